The van der Waals surface area contributed by atoms with Crippen LogP contribution in [0, 0.1) is 0 Å². The molecule has 0 aliphatic heterocycles. The van der Waals surface area contributed by atoms with Crippen molar-refractivity contribution in [2.24, 2.45) is 14.1 Å². The highest BCUT2D eigenvalue weighted by Crippen LogP contribution is 2.12. The zero-order valence-electron chi connectivity index (χ0n) is 14.2. The van der Waals surface area contributed by atoms with Crippen LogP contribution in [0.4, 0.5) is 0 Å². The summed E-state index contributed by atoms with van der Waals surface area (Å²) < 4.78 is 8.88. The van der Waals surface area contributed by atoms with E-state index in [0.29, 0.717) is 6.61 Å². The van der Waals surface area contributed by atoms with Gasteiger partial charge in [0.15, 0.2) is 5.65 Å². The van der Waals surface area contributed by atoms with Crippen LogP contribution in [0.1, 0.15) is 12.5 Å². The van der Waals surface area contributed by atoms with Crippen molar-refractivity contribution in [1.82, 2.24) is 18.7 Å². The first-order valence-corrected chi connectivity index (χ1v) is 7.83. The van der Waals surface area contributed by atoms with E-state index in [4.69, 9.17) is 4.74 Å². The fourth-order valence-corrected chi connectivity index (χ4v) is 2.67. The molecule has 0 spiro atoms. The minimum absolute atomic E-state index is 0.0193. The van der Waals surface area contributed by atoms with Crippen LogP contribution in [0.3, 0.4) is 0 Å². The molecule has 2 heterocycles. The van der Waals surface area contributed by atoms with Crippen molar-refractivity contribution in [1.29, 1.82) is 0 Å². The Hall–Kier alpha value is -3.16. The zero-order chi connectivity index (χ0) is 18.1. The molecule has 0 unspecified atom stereocenters. The summed E-state index contributed by atoms with van der Waals surface area (Å²) in [6.07, 6.45) is 0. The topological polar surface area (TPSA) is 88.1 Å². The van der Waals surface area contributed by atoms with Crippen molar-refractivity contribution in [2.45, 2.75) is 13.5 Å². The van der Waals surface area contributed by atoms with E-state index >= 15 is 0 Å². The third kappa shape index (κ3) is 2.75. The maximum absolute atomic E-state index is 13.0. The molecule has 130 valence electrons. The molecule has 0 radical (unpaired) electrons. The fraction of sp³-hybridized carbons (Fsp3) is 0.294. The molecular formula is C17H18N4O4. The second-order valence-electron chi connectivity index (χ2n) is 5.61. The summed E-state index contributed by atoms with van der Waals surface area (Å²) in [4.78, 5) is 41.8. The van der Waals surface area contributed by atoms with E-state index in [0.717, 1.165) is 10.1 Å². The summed E-state index contributed by atoms with van der Waals surface area (Å²) in [5.74, 6) is 0. The highest BCUT2D eigenvalue weighted by molar-refractivity contribution is 5.73. The van der Waals surface area contributed by atoms with E-state index in [1.807, 2.05) is 30.3 Å². The van der Waals surface area contributed by atoms with Gasteiger partial charge < -0.3 is 4.74 Å². The van der Waals surface area contributed by atoms with Crippen LogP contribution in [-0.4, -0.2) is 25.3 Å². The number of fused-ring (bicyclic) bond motifs is 1. The van der Waals surface area contributed by atoms with Gasteiger partial charge in [0.2, 0.25) is 0 Å². The summed E-state index contributed by atoms with van der Waals surface area (Å²) >= 11 is 0. The van der Waals surface area contributed by atoms with Crippen LogP contribution in [0.25, 0.3) is 11.0 Å². The Bertz CT molecular complexity index is 1110. The Balaban J connectivity index is 2.38. The van der Waals surface area contributed by atoms with Gasteiger partial charge in [-0.05, 0) is 12.5 Å². The molecule has 8 heteroatoms. The minimum atomic E-state index is -0.666. The zero-order valence-corrected chi connectivity index (χ0v) is 14.2. The lowest BCUT2D eigenvalue weighted by Crippen LogP contribution is -2.41. The van der Waals surface area contributed by atoms with Gasteiger partial charge in [0.1, 0.15) is 5.39 Å². The van der Waals surface area contributed by atoms with Crippen LogP contribution < -0.4 is 21.5 Å². The molecule has 3 aromatic rings. The van der Waals surface area contributed by atoms with Crippen molar-refractivity contribution >= 4 is 11.0 Å². The molecule has 2 aromatic heterocycles. The lowest BCUT2D eigenvalue weighted by molar-refractivity contribution is 0.293. The molecule has 0 aliphatic rings. The fourth-order valence-electron chi connectivity index (χ4n) is 2.67. The van der Waals surface area contributed by atoms with Gasteiger partial charge in [0.05, 0.1) is 13.2 Å². The first-order valence-electron chi connectivity index (χ1n) is 7.83. The van der Waals surface area contributed by atoms with Crippen molar-refractivity contribution in [2.75, 3.05) is 6.61 Å². The first kappa shape index (κ1) is 16.7. The molecule has 0 amide bonds. The van der Waals surface area contributed by atoms with Crippen LogP contribution in [-0.2, 0) is 20.6 Å². The monoisotopic (exact) mass is 342 g/mol. The highest BCUT2D eigenvalue weighted by Gasteiger charge is 2.19. The molecule has 0 N–H and O–H groups in total. The van der Waals surface area contributed by atoms with Crippen LogP contribution in [0.2, 0.25) is 0 Å². The normalized spacial score (nSPS) is 11.0. The average molecular weight is 342 g/mol. The van der Waals surface area contributed by atoms with Gasteiger partial charge in [0.25, 0.3) is 11.1 Å². The maximum Gasteiger partial charge on any atom is 0.332 e. The van der Waals surface area contributed by atoms with Gasteiger partial charge in [-0.3, -0.25) is 23.3 Å². The molecule has 0 aliphatic carbocycles. The molecule has 0 atom stereocenters. The predicted molar refractivity (Wildman–Crippen MR) is 93.2 cm³/mol. The number of benzene rings is 1. The lowest BCUT2D eigenvalue weighted by atomic mass is 10.2. The Morgan fingerprint density at radius 2 is 1.68 bits per heavy atom. The first-order chi connectivity index (χ1) is 12.0. The second kappa shape index (κ2) is 6.39. The molecule has 1 aromatic carbocycles. The van der Waals surface area contributed by atoms with Gasteiger partial charge in [-0.2, -0.15) is 4.98 Å². The van der Waals surface area contributed by atoms with Crippen LogP contribution >= 0.6 is 0 Å². The van der Waals surface area contributed by atoms with Gasteiger partial charge in [0, 0.05) is 14.1 Å². The number of aromatic nitrogens is 4. The quantitative estimate of drug-likeness (QED) is 0.678. The highest BCUT2D eigenvalue weighted by atomic mass is 16.5. The Morgan fingerprint density at radius 3 is 2.32 bits per heavy atom. The summed E-state index contributed by atoms with van der Waals surface area (Å²) in [6.45, 7) is 2.28. The molecular weight excluding hydrogens is 324 g/mol. The van der Waals surface area contributed by atoms with Gasteiger partial charge >= 0.3 is 11.7 Å². The van der Waals surface area contributed by atoms with Crippen LogP contribution in [0.5, 0.6) is 6.01 Å². The standard InChI is InChI=1S/C17H18N4O4/c1-4-25-16-18-13-12(14(22)20(3)17(24)19(13)2)15(23)21(16)10-11-8-6-5-7-9-11/h5-9H,4,10H2,1-3H3. The number of aryl methyl sites for hydroxylation is 1. The number of nitrogens with zero attached hydrogens (tertiary/aromatic N) is 4. The number of rotatable bonds is 4. The second-order valence-corrected chi connectivity index (χ2v) is 5.61. The van der Waals surface area contributed by atoms with Gasteiger partial charge in [-0.25, -0.2) is 4.79 Å². The predicted octanol–water partition coefficient (Wildman–Crippen LogP) is 0.241. The maximum atomic E-state index is 13.0. The summed E-state index contributed by atoms with van der Waals surface area (Å²) in [6, 6.07) is 9.40. The van der Waals surface area contributed by atoms with Gasteiger partial charge in [-0.1, -0.05) is 30.3 Å². The van der Waals surface area contributed by atoms with E-state index in [9.17, 15) is 14.4 Å². The minimum Gasteiger partial charge on any atom is -0.465 e. The smallest absolute Gasteiger partial charge is 0.332 e. The molecule has 3 rings (SSSR count). The van der Waals surface area contributed by atoms with E-state index < -0.39 is 16.8 Å². The SMILES string of the molecule is CCOc1nc2c(c(=O)n1Cc1ccccc1)c(=O)n(C)c(=O)n2C. The largest absolute Gasteiger partial charge is 0.465 e. The molecule has 0 saturated carbocycles. The Morgan fingerprint density at radius 1 is 1.00 bits per heavy atom. The van der Waals surface area contributed by atoms with E-state index in [1.165, 1.54) is 23.2 Å². The summed E-state index contributed by atoms with van der Waals surface area (Å²) in [5.41, 5.74) is -0.860. The third-order valence-electron chi connectivity index (χ3n) is 3.98. The molecule has 0 bridgehead atoms. The summed E-state index contributed by atoms with van der Waals surface area (Å²) in [7, 11) is 2.80. The third-order valence-corrected chi connectivity index (χ3v) is 3.98. The van der Waals surface area contributed by atoms with E-state index in [-0.39, 0.29) is 23.6 Å². The molecule has 0 saturated heterocycles. The van der Waals surface area contributed by atoms with Crippen molar-refractivity contribution < 1.29 is 4.74 Å². The number of hydrogen-bond acceptors (Lipinski definition) is 5. The van der Waals surface area contributed by atoms with Crippen molar-refractivity contribution in [3.8, 4) is 6.01 Å². The molecule has 25 heavy (non-hydrogen) atoms. The Kier molecular flexibility index (Phi) is 4.26. The summed E-state index contributed by atoms with van der Waals surface area (Å²) in [5, 5.41) is -0.135. The van der Waals surface area contributed by atoms with Crippen molar-refractivity contribution in [3.05, 3.63) is 67.1 Å². The number of hydrogen-bond donors (Lipinski definition) is 0. The number of ether oxygens (including phenoxy) is 1. The lowest BCUT2D eigenvalue weighted by Gasteiger charge is -2.14. The Labute approximate surface area is 142 Å². The molecule has 8 nitrogen and oxygen atoms in total. The van der Waals surface area contributed by atoms with Crippen molar-refractivity contribution in [3.63, 3.8) is 0 Å². The average Bonchev–Trinajstić information content (AvgIpc) is 2.62. The molecule has 0 fully saturated rings. The van der Waals surface area contributed by atoms with E-state index in [2.05, 4.69) is 4.98 Å². The van der Waals surface area contributed by atoms with E-state index in [1.54, 1.807) is 6.92 Å². The van der Waals surface area contributed by atoms with Gasteiger partial charge in [-0.15, -0.1) is 0 Å². The van der Waals surface area contributed by atoms with Crippen LogP contribution in [0.15, 0.2) is 44.7 Å².